The van der Waals surface area contributed by atoms with Crippen LogP contribution < -0.4 is 5.32 Å². The number of rotatable bonds is 2. The van der Waals surface area contributed by atoms with Crippen LogP contribution >= 0.6 is 0 Å². The predicted molar refractivity (Wildman–Crippen MR) is 82.8 cm³/mol. The van der Waals surface area contributed by atoms with Gasteiger partial charge in [-0.25, -0.2) is 0 Å². The molecule has 0 bridgehead atoms. The zero-order valence-corrected chi connectivity index (χ0v) is 11.9. The first-order valence-corrected chi connectivity index (χ1v) is 7.52. The van der Waals surface area contributed by atoms with Gasteiger partial charge in [-0.1, -0.05) is 37.3 Å². The second-order valence-corrected chi connectivity index (χ2v) is 5.99. The van der Waals surface area contributed by atoms with E-state index in [2.05, 4.69) is 24.4 Å². The highest BCUT2D eigenvalue weighted by Gasteiger charge is 2.20. The number of fused-ring (bicyclic) bond motifs is 1. The van der Waals surface area contributed by atoms with Crippen molar-refractivity contribution in [3.05, 3.63) is 48.0 Å². The van der Waals surface area contributed by atoms with Gasteiger partial charge in [0.2, 0.25) is 0 Å². The fourth-order valence-electron chi connectivity index (χ4n) is 3.00. The van der Waals surface area contributed by atoms with Crippen LogP contribution in [-0.4, -0.2) is 11.9 Å². The van der Waals surface area contributed by atoms with Crippen LogP contribution in [0.25, 0.3) is 10.8 Å². The van der Waals surface area contributed by atoms with Gasteiger partial charge >= 0.3 is 0 Å². The van der Waals surface area contributed by atoms with Crippen molar-refractivity contribution in [2.45, 2.75) is 38.6 Å². The molecule has 2 aromatic rings. The van der Waals surface area contributed by atoms with Crippen molar-refractivity contribution < 1.29 is 4.79 Å². The Morgan fingerprint density at radius 3 is 2.45 bits per heavy atom. The Labute approximate surface area is 120 Å². The van der Waals surface area contributed by atoms with E-state index in [-0.39, 0.29) is 5.91 Å². The van der Waals surface area contributed by atoms with Crippen LogP contribution in [0.4, 0.5) is 0 Å². The Hall–Kier alpha value is -1.83. The van der Waals surface area contributed by atoms with E-state index in [0.29, 0.717) is 6.04 Å². The highest BCUT2D eigenvalue weighted by Crippen LogP contribution is 2.24. The summed E-state index contributed by atoms with van der Waals surface area (Å²) in [6.45, 7) is 2.29. The summed E-state index contributed by atoms with van der Waals surface area (Å²) in [5.41, 5.74) is 0.766. The summed E-state index contributed by atoms with van der Waals surface area (Å²) in [4.78, 5) is 12.3. The van der Waals surface area contributed by atoms with Crippen molar-refractivity contribution in [2.24, 2.45) is 5.92 Å². The molecule has 0 aromatic heterocycles. The monoisotopic (exact) mass is 267 g/mol. The molecule has 1 amide bonds. The van der Waals surface area contributed by atoms with Gasteiger partial charge in [-0.3, -0.25) is 4.79 Å². The molecule has 104 valence electrons. The third-order valence-corrected chi connectivity index (χ3v) is 4.36. The van der Waals surface area contributed by atoms with E-state index in [1.54, 1.807) is 0 Å². The minimum atomic E-state index is 0.0651. The van der Waals surface area contributed by atoms with Gasteiger partial charge in [0.25, 0.3) is 5.91 Å². The van der Waals surface area contributed by atoms with Crippen molar-refractivity contribution in [3.63, 3.8) is 0 Å². The maximum absolute atomic E-state index is 12.3. The molecule has 0 atom stereocenters. The molecule has 0 saturated heterocycles. The zero-order chi connectivity index (χ0) is 13.9. The quantitative estimate of drug-likeness (QED) is 0.870. The molecule has 1 fully saturated rings. The number of hydrogen-bond acceptors (Lipinski definition) is 1. The Balaban J connectivity index is 1.72. The minimum absolute atomic E-state index is 0.0651. The van der Waals surface area contributed by atoms with Crippen LogP contribution in [0.2, 0.25) is 0 Å². The van der Waals surface area contributed by atoms with E-state index in [0.717, 1.165) is 29.7 Å². The van der Waals surface area contributed by atoms with E-state index in [4.69, 9.17) is 0 Å². The number of nitrogens with one attached hydrogen (secondary N) is 1. The molecule has 1 aliphatic rings. The van der Waals surface area contributed by atoms with E-state index in [1.807, 2.05) is 30.3 Å². The first kappa shape index (κ1) is 13.2. The summed E-state index contributed by atoms with van der Waals surface area (Å²) in [5.74, 6) is 0.874. The zero-order valence-electron chi connectivity index (χ0n) is 11.9. The molecular formula is C18H21NO. The van der Waals surface area contributed by atoms with Gasteiger partial charge < -0.3 is 5.32 Å². The fraction of sp³-hybridized carbons (Fsp3) is 0.389. The summed E-state index contributed by atoms with van der Waals surface area (Å²) in [6, 6.07) is 14.4. The normalized spacial score (nSPS) is 22.6. The van der Waals surface area contributed by atoms with Crippen LogP contribution in [0.15, 0.2) is 42.5 Å². The molecule has 0 unspecified atom stereocenters. The molecule has 2 heteroatoms. The Morgan fingerprint density at radius 1 is 1.00 bits per heavy atom. The minimum Gasteiger partial charge on any atom is -0.349 e. The number of benzene rings is 2. The summed E-state index contributed by atoms with van der Waals surface area (Å²) in [6.07, 6.45) is 4.67. The van der Waals surface area contributed by atoms with E-state index < -0.39 is 0 Å². The topological polar surface area (TPSA) is 29.1 Å². The molecule has 0 aliphatic heterocycles. The highest BCUT2D eigenvalue weighted by molar-refractivity contribution is 5.98. The SMILES string of the molecule is CC1CCC(NC(=O)c2ccc3ccccc3c2)CC1. The molecule has 1 N–H and O–H groups in total. The Kier molecular flexibility index (Phi) is 3.72. The summed E-state index contributed by atoms with van der Waals surface area (Å²) in [5, 5.41) is 5.48. The van der Waals surface area contributed by atoms with Gasteiger partial charge in [-0.2, -0.15) is 0 Å². The second-order valence-electron chi connectivity index (χ2n) is 5.99. The maximum atomic E-state index is 12.3. The van der Waals surface area contributed by atoms with Crippen molar-refractivity contribution in [2.75, 3.05) is 0 Å². The molecule has 3 rings (SSSR count). The van der Waals surface area contributed by atoms with Crippen molar-refractivity contribution >= 4 is 16.7 Å². The van der Waals surface area contributed by atoms with Gasteiger partial charge in [-0.15, -0.1) is 0 Å². The van der Waals surface area contributed by atoms with Crippen LogP contribution in [0.1, 0.15) is 43.0 Å². The molecular weight excluding hydrogens is 246 g/mol. The van der Waals surface area contributed by atoms with Crippen molar-refractivity contribution in [1.82, 2.24) is 5.32 Å². The standard InChI is InChI=1S/C18H21NO/c1-13-6-10-17(11-7-13)19-18(20)16-9-8-14-4-2-3-5-15(14)12-16/h2-5,8-9,12-13,17H,6-7,10-11H2,1H3,(H,19,20). The molecule has 2 aromatic carbocycles. The molecule has 0 heterocycles. The van der Waals surface area contributed by atoms with Crippen LogP contribution in [0.3, 0.4) is 0 Å². The first-order chi connectivity index (χ1) is 9.72. The summed E-state index contributed by atoms with van der Waals surface area (Å²) >= 11 is 0. The lowest BCUT2D eigenvalue weighted by atomic mass is 9.87. The smallest absolute Gasteiger partial charge is 0.251 e. The van der Waals surface area contributed by atoms with Gasteiger partial charge in [0.1, 0.15) is 0 Å². The van der Waals surface area contributed by atoms with Crippen LogP contribution in [0, 0.1) is 5.92 Å². The van der Waals surface area contributed by atoms with Crippen molar-refractivity contribution in [3.8, 4) is 0 Å². The van der Waals surface area contributed by atoms with Gasteiger partial charge in [0.05, 0.1) is 0 Å². The average Bonchev–Trinajstić information content (AvgIpc) is 2.49. The Morgan fingerprint density at radius 2 is 1.70 bits per heavy atom. The average molecular weight is 267 g/mol. The van der Waals surface area contributed by atoms with Crippen LogP contribution in [0.5, 0.6) is 0 Å². The predicted octanol–water partition coefficient (Wildman–Crippen LogP) is 4.15. The molecule has 20 heavy (non-hydrogen) atoms. The molecule has 1 saturated carbocycles. The summed E-state index contributed by atoms with van der Waals surface area (Å²) in [7, 11) is 0. The second kappa shape index (κ2) is 5.66. The first-order valence-electron chi connectivity index (χ1n) is 7.52. The third-order valence-electron chi connectivity index (χ3n) is 4.36. The lowest BCUT2D eigenvalue weighted by Crippen LogP contribution is -2.37. The highest BCUT2D eigenvalue weighted by atomic mass is 16.1. The molecule has 0 spiro atoms. The fourth-order valence-corrected chi connectivity index (χ4v) is 3.00. The lowest BCUT2D eigenvalue weighted by Gasteiger charge is -2.26. The Bertz CT molecular complexity index is 612. The molecule has 1 aliphatic carbocycles. The largest absolute Gasteiger partial charge is 0.349 e. The van der Waals surface area contributed by atoms with E-state index in [9.17, 15) is 4.79 Å². The van der Waals surface area contributed by atoms with E-state index in [1.165, 1.54) is 18.2 Å². The molecule has 0 radical (unpaired) electrons. The van der Waals surface area contributed by atoms with Gasteiger partial charge in [0.15, 0.2) is 0 Å². The number of carbonyl (C=O) groups is 1. The van der Waals surface area contributed by atoms with E-state index >= 15 is 0 Å². The third kappa shape index (κ3) is 2.84. The lowest BCUT2D eigenvalue weighted by molar-refractivity contribution is 0.0923. The number of amides is 1. The van der Waals surface area contributed by atoms with Crippen LogP contribution in [-0.2, 0) is 0 Å². The van der Waals surface area contributed by atoms with Gasteiger partial charge in [-0.05, 0) is 54.5 Å². The maximum Gasteiger partial charge on any atom is 0.251 e. The number of hydrogen-bond donors (Lipinski definition) is 1. The summed E-state index contributed by atoms with van der Waals surface area (Å²) < 4.78 is 0. The van der Waals surface area contributed by atoms with Crippen molar-refractivity contribution in [1.29, 1.82) is 0 Å². The van der Waals surface area contributed by atoms with Gasteiger partial charge in [0, 0.05) is 11.6 Å². The number of carbonyl (C=O) groups excluding carboxylic acids is 1. The molecule has 2 nitrogen and oxygen atoms in total.